The summed E-state index contributed by atoms with van der Waals surface area (Å²) in [6.45, 7) is -0.186. The molecule has 1 unspecified atom stereocenters. The quantitative estimate of drug-likeness (QED) is 0.311. The third-order valence-electron chi connectivity index (χ3n) is 3.95. The first-order chi connectivity index (χ1) is 14.9. The van der Waals surface area contributed by atoms with E-state index in [4.69, 9.17) is 28.5 Å². The smallest absolute Gasteiger partial charge is 0.364 e. The second kappa shape index (κ2) is 10.2. The molecule has 170 valence electrons. The summed E-state index contributed by atoms with van der Waals surface area (Å²) in [4.78, 5) is 27.2. The topological polar surface area (TPSA) is 146 Å². The molecular formula is C19H17ClF4N6O2. The summed E-state index contributed by atoms with van der Waals surface area (Å²) < 4.78 is 52.0. The molecule has 13 heteroatoms. The second-order valence-electron chi connectivity index (χ2n) is 6.35. The molecule has 7 N–H and O–H groups in total. The van der Waals surface area contributed by atoms with Crippen LogP contribution in [0, 0.1) is 11.2 Å². The minimum absolute atomic E-state index is 0.0127. The molecule has 0 spiro atoms. The Bertz CT molecular complexity index is 1070. The van der Waals surface area contributed by atoms with E-state index in [1.54, 1.807) is 0 Å². The Hall–Kier alpha value is -3.51. The lowest BCUT2D eigenvalue weighted by atomic mass is 10.1. The van der Waals surface area contributed by atoms with Crippen molar-refractivity contribution in [3.05, 3.63) is 58.4 Å². The first-order valence-corrected chi connectivity index (χ1v) is 9.15. The number of carbonyl (C=O) groups is 2. The van der Waals surface area contributed by atoms with Crippen LogP contribution in [0.3, 0.4) is 0 Å². The van der Waals surface area contributed by atoms with Crippen LogP contribution in [0.1, 0.15) is 11.1 Å². The number of urea groups is 1. The van der Waals surface area contributed by atoms with E-state index in [0.29, 0.717) is 6.07 Å². The van der Waals surface area contributed by atoms with Gasteiger partial charge in [-0.3, -0.25) is 15.2 Å². The van der Waals surface area contributed by atoms with Crippen molar-refractivity contribution in [1.29, 1.82) is 5.41 Å². The Balaban J connectivity index is 2.14. The Kier molecular flexibility index (Phi) is 7.89. The van der Waals surface area contributed by atoms with Crippen LogP contribution in [-0.2, 0) is 11.0 Å². The predicted octanol–water partition coefficient (Wildman–Crippen LogP) is 3.39. The number of alkyl halides is 3. The van der Waals surface area contributed by atoms with Gasteiger partial charge in [0.1, 0.15) is 17.6 Å². The highest BCUT2D eigenvalue weighted by atomic mass is 35.5. The number of carbonyl (C=O) groups excluding carboxylic acids is 2. The van der Waals surface area contributed by atoms with Gasteiger partial charge in [0, 0.05) is 18.4 Å². The Morgan fingerprint density at radius 2 is 1.88 bits per heavy atom. The van der Waals surface area contributed by atoms with E-state index in [0.717, 1.165) is 30.5 Å². The zero-order valence-electron chi connectivity index (χ0n) is 16.1. The number of benzene rings is 2. The molecule has 0 radical (unpaired) electrons. The maximum Gasteiger partial charge on any atom is 0.416 e. The number of halogens is 5. The van der Waals surface area contributed by atoms with Crippen molar-refractivity contribution >= 4 is 46.8 Å². The van der Waals surface area contributed by atoms with Gasteiger partial charge in [-0.2, -0.15) is 13.2 Å². The van der Waals surface area contributed by atoms with Crippen molar-refractivity contribution in [3.8, 4) is 0 Å². The van der Waals surface area contributed by atoms with E-state index >= 15 is 0 Å². The summed E-state index contributed by atoms with van der Waals surface area (Å²) in [6, 6.07) is 3.84. The molecule has 0 saturated heterocycles. The van der Waals surface area contributed by atoms with Crippen LogP contribution >= 0.6 is 11.6 Å². The lowest BCUT2D eigenvalue weighted by molar-refractivity contribution is -0.137. The first-order valence-electron chi connectivity index (χ1n) is 8.77. The van der Waals surface area contributed by atoms with Crippen molar-refractivity contribution in [2.75, 3.05) is 17.2 Å². The van der Waals surface area contributed by atoms with E-state index in [9.17, 15) is 27.2 Å². The lowest BCUT2D eigenvalue weighted by Gasteiger charge is -2.12. The molecule has 8 nitrogen and oxygen atoms in total. The average molecular weight is 473 g/mol. The molecule has 1 atom stereocenters. The first kappa shape index (κ1) is 24.8. The summed E-state index contributed by atoms with van der Waals surface area (Å²) in [5, 5.41) is 11.8. The van der Waals surface area contributed by atoms with Crippen molar-refractivity contribution in [3.63, 3.8) is 0 Å². The average Bonchev–Trinajstić information content (AvgIpc) is 2.68. The molecule has 3 amide bonds. The zero-order chi connectivity index (χ0) is 24.1. The van der Waals surface area contributed by atoms with Gasteiger partial charge in [-0.1, -0.05) is 11.6 Å². The Morgan fingerprint density at radius 3 is 2.44 bits per heavy atom. The number of primary amides is 1. The molecule has 32 heavy (non-hydrogen) atoms. The highest BCUT2D eigenvalue weighted by molar-refractivity contribution is 6.39. The van der Waals surface area contributed by atoms with Crippen LogP contribution in [0.15, 0.2) is 41.4 Å². The van der Waals surface area contributed by atoms with Crippen molar-refractivity contribution in [2.45, 2.75) is 12.2 Å². The van der Waals surface area contributed by atoms with Crippen molar-refractivity contribution < 1.29 is 27.2 Å². The third kappa shape index (κ3) is 6.75. The van der Waals surface area contributed by atoms with Crippen LogP contribution in [0.2, 0.25) is 5.02 Å². The van der Waals surface area contributed by atoms with Gasteiger partial charge in [0.25, 0.3) is 5.91 Å². The molecule has 0 aliphatic heterocycles. The zero-order valence-corrected chi connectivity index (χ0v) is 16.9. The molecule has 0 aromatic heterocycles. The highest BCUT2D eigenvalue weighted by Crippen LogP contribution is 2.33. The van der Waals surface area contributed by atoms with E-state index in [2.05, 4.69) is 15.6 Å². The highest BCUT2D eigenvalue weighted by Gasteiger charge is 2.31. The van der Waals surface area contributed by atoms with Gasteiger partial charge in [-0.05, 0) is 42.0 Å². The Labute approximate surface area is 184 Å². The maximum atomic E-state index is 13.9. The van der Waals surface area contributed by atoms with Gasteiger partial charge >= 0.3 is 12.2 Å². The van der Waals surface area contributed by atoms with E-state index in [1.807, 2.05) is 0 Å². The largest absolute Gasteiger partial charge is 0.416 e. The summed E-state index contributed by atoms with van der Waals surface area (Å²) in [7, 11) is 0. The van der Waals surface area contributed by atoms with E-state index in [1.165, 1.54) is 6.07 Å². The number of aliphatic imine (C=N–C) groups is 1. The number of anilines is 2. The fourth-order valence-electron chi connectivity index (χ4n) is 2.43. The van der Waals surface area contributed by atoms with Gasteiger partial charge in [0.15, 0.2) is 0 Å². The van der Waals surface area contributed by atoms with Gasteiger partial charge in [0.05, 0.1) is 16.3 Å². The fraction of sp³-hybridized carbons (Fsp3) is 0.158. The van der Waals surface area contributed by atoms with E-state index in [-0.39, 0.29) is 28.5 Å². The molecule has 2 aromatic carbocycles. The fourth-order valence-corrected chi connectivity index (χ4v) is 2.66. The van der Waals surface area contributed by atoms with Gasteiger partial charge in [-0.25, -0.2) is 9.18 Å². The standard InChI is InChI=1S/C19H17ClF4N6O2/c20-13-5-10(19(22,23)24)1-2-14(13)30-18(32)29-12-4-9(3-11(21)6-12)8-28-15(7-25)16(26)17(27)31/h1-6,8,15,26H,7,25H2,(H2,27,31)(H2,29,30,32). The summed E-state index contributed by atoms with van der Waals surface area (Å²) in [6.07, 6.45) is -3.45. The summed E-state index contributed by atoms with van der Waals surface area (Å²) >= 11 is 5.79. The van der Waals surface area contributed by atoms with Crippen LogP contribution < -0.4 is 22.1 Å². The van der Waals surface area contributed by atoms with Crippen LogP contribution in [0.4, 0.5) is 33.7 Å². The number of nitrogens with zero attached hydrogens (tertiary/aromatic N) is 1. The SMILES string of the molecule is N=C(C(N)=O)C(CN)N=Cc1cc(F)cc(NC(=O)Nc2ccc(C(F)(F)F)cc2Cl)c1. The normalized spacial score (nSPS) is 12.4. The van der Waals surface area contributed by atoms with Crippen molar-refractivity contribution in [1.82, 2.24) is 0 Å². The predicted molar refractivity (Wildman–Crippen MR) is 113 cm³/mol. The number of nitrogens with one attached hydrogen (secondary N) is 3. The molecule has 2 aromatic rings. The number of rotatable bonds is 7. The van der Waals surface area contributed by atoms with Crippen LogP contribution in [0.25, 0.3) is 0 Å². The lowest BCUT2D eigenvalue weighted by Crippen LogP contribution is -2.37. The Morgan fingerprint density at radius 1 is 1.19 bits per heavy atom. The molecule has 0 saturated carbocycles. The number of nitrogens with two attached hydrogens (primary N) is 2. The molecule has 0 aliphatic carbocycles. The monoisotopic (exact) mass is 472 g/mol. The number of hydrogen-bond donors (Lipinski definition) is 5. The minimum Gasteiger partial charge on any atom is -0.364 e. The summed E-state index contributed by atoms with van der Waals surface area (Å²) in [5.74, 6) is -1.75. The van der Waals surface area contributed by atoms with Gasteiger partial charge in [0.2, 0.25) is 0 Å². The number of amides is 3. The molecule has 2 rings (SSSR count). The summed E-state index contributed by atoms with van der Waals surface area (Å²) in [5.41, 5.74) is 9.02. The minimum atomic E-state index is -4.59. The van der Waals surface area contributed by atoms with Gasteiger partial charge in [-0.15, -0.1) is 0 Å². The van der Waals surface area contributed by atoms with Crippen LogP contribution in [-0.4, -0.2) is 36.5 Å². The molecule has 0 aliphatic rings. The van der Waals surface area contributed by atoms with Crippen LogP contribution in [0.5, 0.6) is 0 Å². The second-order valence-corrected chi connectivity index (χ2v) is 6.76. The third-order valence-corrected chi connectivity index (χ3v) is 4.26. The molecule has 0 bridgehead atoms. The van der Waals surface area contributed by atoms with Gasteiger partial charge < -0.3 is 22.1 Å². The molecule has 0 fully saturated rings. The van der Waals surface area contributed by atoms with Crippen molar-refractivity contribution in [2.24, 2.45) is 16.5 Å². The molecule has 0 heterocycles. The van der Waals surface area contributed by atoms with E-state index < -0.39 is 41.2 Å². The maximum absolute atomic E-state index is 13.9. The molecular weight excluding hydrogens is 456 g/mol. The number of hydrogen-bond acceptors (Lipinski definition) is 5.